The predicted octanol–water partition coefficient (Wildman–Crippen LogP) is 2.14. The summed E-state index contributed by atoms with van der Waals surface area (Å²) in [6.07, 6.45) is 1.28. The molecular weight excluding hydrogens is 272 g/mol. The van der Waals surface area contributed by atoms with Crippen LogP contribution in [0.25, 0.3) is 0 Å². The van der Waals surface area contributed by atoms with E-state index in [1.807, 2.05) is 13.0 Å². The van der Waals surface area contributed by atoms with Gasteiger partial charge in [-0.2, -0.15) is 0 Å². The lowest BCUT2D eigenvalue weighted by molar-refractivity contribution is 0.499. The molecule has 0 unspecified atom stereocenters. The minimum Gasteiger partial charge on any atom is -0.317 e. The van der Waals surface area contributed by atoms with Crippen LogP contribution in [-0.4, -0.2) is 26.8 Å². The monoisotopic (exact) mass is 288 g/mol. The molecule has 1 heterocycles. The number of aryl methyl sites for hydroxylation is 1. The summed E-state index contributed by atoms with van der Waals surface area (Å²) >= 11 is 6.04. The molecule has 1 aliphatic rings. The van der Waals surface area contributed by atoms with E-state index in [2.05, 4.69) is 10.0 Å². The first-order valence-corrected chi connectivity index (χ1v) is 7.90. The van der Waals surface area contributed by atoms with E-state index in [-0.39, 0.29) is 5.25 Å². The zero-order valence-corrected chi connectivity index (χ0v) is 11.8. The van der Waals surface area contributed by atoms with Crippen LogP contribution in [-0.2, 0) is 10.0 Å². The van der Waals surface area contributed by atoms with Gasteiger partial charge in [0.2, 0.25) is 10.0 Å². The lowest BCUT2D eigenvalue weighted by Gasteiger charge is -2.23. The number of benzene rings is 1. The molecule has 18 heavy (non-hydrogen) atoms. The number of hydrogen-bond acceptors (Lipinski definition) is 3. The Hall–Kier alpha value is -0.780. The molecule has 2 N–H and O–H groups in total. The third-order valence-corrected chi connectivity index (χ3v) is 5.27. The number of sulfonamides is 1. The first-order chi connectivity index (χ1) is 8.49. The van der Waals surface area contributed by atoms with Crippen LogP contribution in [0.2, 0.25) is 5.02 Å². The molecule has 1 aliphatic heterocycles. The molecule has 0 spiro atoms. The second kappa shape index (κ2) is 5.47. The number of piperidine rings is 1. The first-order valence-electron chi connectivity index (χ1n) is 5.97. The summed E-state index contributed by atoms with van der Waals surface area (Å²) in [5, 5.41) is 3.25. The minimum absolute atomic E-state index is 0.337. The quantitative estimate of drug-likeness (QED) is 0.896. The maximum Gasteiger partial charge on any atom is 0.235 e. The molecule has 0 aliphatic carbocycles. The number of halogens is 1. The Balaban J connectivity index is 2.16. The lowest BCUT2D eigenvalue weighted by Crippen LogP contribution is -2.38. The largest absolute Gasteiger partial charge is 0.317 e. The Kier molecular flexibility index (Phi) is 4.14. The van der Waals surface area contributed by atoms with Gasteiger partial charge in [0, 0.05) is 0 Å². The highest BCUT2D eigenvalue weighted by molar-refractivity contribution is 7.93. The zero-order chi connectivity index (χ0) is 13.2. The summed E-state index contributed by atoms with van der Waals surface area (Å²) in [7, 11) is -3.35. The fourth-order valence-corrected chi connectivity index (χ4v) is 3.89. The van der Waals surface area contributed by atoms with Crippen molar-refractivity contribution >= 4 is 27.3 Å². The van der Waals surface area contributed by atoms with Crippen molar-refractivity contribution in [2.45, 2.75) is 25.0 Å². The molecule has 1 aromatic carbocycles. The average molecular weight is 289 g/mol. The molecule has 0 saturated carbocycles. The highest BCUT2D eigenvalue weighted by Gasteiger charge is 2.27. The van der Waals surface area contributed by atoms with Gasteiger partial charge < -0.3 is 5.32 Å². The third kappa shape index (κ3) is 3.16. The number of rotatable bonds is 3. The molecule has 1 fully saturated rings. The maximum absolute atomic E-state index is 12.2. The summed E-state index contributed by atoms with van der Waals surface area (Å²) in [5.41, 5.74) is 1.46. The molecule has 0 aromatic heterocycles. The molecule has 100 valence electrons. The van der Waals surface area contributed by atoms with Crippen molar-refractivity contribution in [3.8, 4) is 0 Å². The molecule has 4 nitrogen and oxygen atoms in total. The van der Waals surface area contributed by atoms with Crippen molar-refractivity contribution in [1.82, 2.24) is 5.32 Å². The summed E-state index contributed by atoms with van der Waals surface area (Å²) in [5.74, 6) is 0. The van der Waals surface area contributed by atoms with Crippen LogP contribution in [0.15, 0.2) is 18.2 Å². The Morgan fingerprint density at radius 2 is 2.00 bits per heavy atom. The van der Waals surface area contributed by atoms with Gasteiger partial charge in [-0.1, -0.05) is 17.7 Å². The van der Waals surface area contributed by atoms with Crippen molar-refractivity contribution in [2.24, 2.45) is 0 Å². The van der Waals surface area contributed by atoms with Crippen molar-refractivity contribution in [3.05, 3.63) is 28.8 Å². The molecule has 0 amide bonds. The van der Waals surface area contributed by atoms with E-state index >= 15 is 0 Å². The van der Waals surface area contributed by atoms with Crippen molar-refractivity contribution < 1.29 is 8.42 Å². The summed E-state index contributed by atoms with van der Waals surface area (Å²) < 4.78 is 27.0. The molecular formula is C12H17ClN2O2S. The van der Waals surface area contributed by atoms with Crippen molar-refractivity contribution in [2.75, 3.05) is 17.8 Å². The van der Waals surface area contributed by atoms with E-state index in [9.17, 15) is 8.42 Å². The molecule has 0 radical (unpaired) electrons. The van der Waals surface area contributed by atoms with Gasteiger partial charge in [0.25, 0.3) is 0 Å². The van der Waals surface area contributed by atoms with Crippen LogP contribution in [0.5, 0.6) is 0 Å². The summed E-state index contributed by atoms with van der Waals surface area (Å²) in [6, 6.07) is 5.30. The van der Waals surface area contributed by atoms with Gasteiger partial charge in [-0.05, 0) is 50.6 Å². The fraction of sp³-hybridized carbons (Fsp3) is 0.500. The standard InChI is InChI=1S/C12H17ClN2O2S/c1-9-2-3-12(11(13)8-9)15-18(16,17)10-4-6-14-7-5-10/h2-3,8,10,14-15H,4-7H2,1H3. The smallest absolute Gasteiger partial charge is 0.235 e. The van der Waals surface area contributed by atoms with Crippen LogP contribution >= 0.6 is 11.6 Å². The highest BCUT2D eigenvalue weighted by Crippen LogP contribution is 2.25. The average Bonchev–Trinajstić information content (AvgIpc) is 2.34. The second-order valence-corrected chi connectivity index (χ2v) is 6.95. The third-order valence-electron chi connectivity index (χ3n) is 3.10. The number of nitrogens with one attached hydrogen (secondary N) is 2. The molecule has 1 saturated heterocycles. The van der Waals surface area contributed by atoms with Crippen molar-refractivity contribution in [1.29, 1.82) is 0 Å². The Labute approximate surface area is 113 Å². The molecule has 2 rings (SSSR count). The maximum atomic E-state index is 12.2. The second-order valence-electron chi connectivity index (χ2n) is 4.58. The SMILES string of the molecule is Cc1ccc(NS(=O)(=O)C2CCNCC2)c(Cl)c1. The minimum atomic E-state index is -3.35. The van der Waals surface area contributed by atoms with E-state index < -0.39 is 10.0 Å². The van der Waals surface area contributed by atoms with E-state index in [0.717, 1.165) is 18.7 Å². The van der Waals surface area contributed by atoms with Gasteiger partial charge in [-0.25, -0.2) is 8.42 Å². The first kappa shape index (κ1) is 13.6. The van der Waals surface area contributed by atoms with Gasteiger partial charge in [0.1, 0.15) is 0 Å². The van der Waals surface area contributed by atoms with E-state index in [1.165, 1.54) is 0 Å². The summed E-state index contributed by atoms with van der Waals surface area (Å²) in [4.78, 5) is 0. The molecule has 0 atom stereocenters. The molecule has 1 aromatic rings. The van der Waals surface area contributed by atoms with Crippen LogP contribution in [0.1, 0.15) is 18.4 Å². The Morgan fingerprint density at radius 1 is 1.33 bits per heavy atom. The van der Waals surface area contributed by atoms with Gasteiger partial charge in [0.05, 0.1) is 16.0 Å². The molecule has 0 bridgehead atoms. The van der Waals surface area contributed by atoms with E-state index in [4.69, 9.17) is 11.6 Å². The highest BCUT2D eigenvalue weighted by atomic mass is 35.5. The zero-order valence-electron chi connectivity index (χ0n) is 10.2. The number of hydrogen-bond donors (Lipinski definition) is 2. The topological polar surface area (TPSA) is 58.2 Å². The van der Waals surface area contributed by atoms with Crippen LogP contribution in [0, 0.1) is 6.92 Å². The van der Waals surface area contributed by atoms with Crippen LogP contribution in [0.3, 0.4) is 0 Å². The van der Waals surface area contributed by atoms with Gasteiger partial charge in [-0.3, -0.25) is 4.72 Å². The Morgan fingerprint density at radius 3 is 2.61 bits per heavy atom. The van der Waals surface area contributed by atoms with Gasteiger partial charge in [0.15, 0.2) is 0 Å². The lowest BCUT2D eigenvalue weighted by atomic mass is 10.2. The van der Waals surface area contributed by atoms with Crippen molar-refractivity contribution in [3.63, 3.8) is 0 Å². The van der Waals surface area contributed by atoms with Crippen LogP contribution in [0.4, 0.5) is 5.69 Å². The fourth-order valence-electron chi connectivity index (χ4n) is 2.05. The molecule has 6 heteroatoms. The normalized spacial score (nSPS) is 17.7. The van der Waals surface area contributed by atoms with Crippen LogP contribution < -0.4 is 10.0 Å². The predicted molar refractivity (Wildman–Crippen MR) is 74.6 cm³/mol. The van der Waals surface area contributed by atoms with Gasteiger partial charge >= 0.3 is 0 Å². The number of anilines is 1. The van der Waals surface area contributed by atoms with Gasteiger partial charge in [-0.15, -0.1) is 0 Å². The summed E-state index contributed by atoms with van der Waals surface area (Å²) in [6.45, 7) is 3.40. The van der Waals surface area contributed by atoms with E-state index in [0.29, 0.717) is 23.6 Å². The van der Waals surface area contributed by atoms with E-state index in [1.54, 1.807) is 12.1 Å². The Bertz CT molecular complexity index is 525.